The zero-order valence-corrected chi connectivity index (χ0v) is 11.0. The number of anilines is 2. The van der Waals surface area contributed by atoms with Crippen molar-refractivity contribution in [2.45, 2.75) is 6.10 Å². The Hall–Kier alpha value is -1.46. The molecule has 18 heavy (non-hydrogen) atoms. The second-order valence-electron chi connectivity index (χ2n) is 4.56. The average Bonchev–Trinajstić information content (AvgIpc) is 2.38. The van der Waals surface area contributed by atoms with Gasteiger partial charge in [-0.25, -0.2) is 0 Å². The van der Waals surface area contributed by atoms with E-state index in [9.17, 15) is 0 Å². The lowest BCUT2D eigenvalue weighted by Crippen LogP contribution is -2.43. The Morgan fingerprint density at radius 2 is 2.39 bits per heavy atom. The first-order valence-electron chi connectivity index (χ1n) is 6.17. The number of nitrogens with one attached hydrogen (secondary N) is 1. The third-order valence-corrected chi connectivity index (χ3v) is 3.15. The molecule has 1 aromatic rings. The molecule has 1 unspecified atom stereocenters. The molecule has 5 heteroatoms. The van der Waals surface area contributed by atoms with Crippen LogP contribution in [0.1, 0.15) is 0 Å². The first-order chi connectivity index (χ1) is 8.70. The van der Waals surface area contributed by atoms with Crippen LogP contribution < -0.4 is 15.8 Å². The zero-order chi connectivity index (χ0) is 13.0. The maximum absolute atomic E-state index is 6.00. The van der Waals surface area contributed by atoms with Gasteiger partial charge >= 0.3 is 0 Å². The van der Waals surface area contributed by atoms with Crippen LogP contribution in [0.5, 0.6) is 5.75 Å². The van der Waals surface area contributed by atoms with E-state index in [0.717, 1.165) is 31.9 Å². The van der Waals surface area contributed by atoms with Crippen molar-refractivity contribution in [3.8, 4) is 5.75 Å². The van der Waals surface area contributed by atoms with Crippen LogP contribution in [0.15, 0.2) is 18.2 Å². The summed E-state index contributed by atoms with van der Waals surface area (Å²) in [4.78, 5) is 2.27. The molecule has 0 aliphatic carbocycles. The SMILES string of the molecule is COc1cccc(NCC2CN(C)CCO2)c1N. The minimum Gasteiger partial charge on any atom is -0.495 e. The summed E-state index contributed by atoms with van der Waals surface area (Å²) in [5.41, 5.74) is 7.54. The highest BCUT2D eigenvalue weighted by Gasteiger charge is 2.17. The molecular formula is C13H21N3O2. The molecule has 5 nitrogen and oxygen atoms in total. The van der Waals surface area contributed by atoms with Gasteiger partial charge in [-0.15, -0.1) is 0 Å². The normalized spacial score (nSPS) is 20.7. The molecule has 0 spiro atoms. The van der Waals surface area contributed by atoms with Crippen molar-refractivity contribution in [3.05, 3.63) is 18.2 Å². The Labute approximate surface area is 108 Å². The average molecular weight is 251 g/mol. The highest BCUT2D eigenvalue weighted by Crippen LogP contribution is 2.28. The van der Waals surface area contributed by atoms with Gasteiger partial charge in [-0.3, -0.25) is 0 Å². The van der Waals surface area contributed by atoms with E-state index in [1.165, 1.54) is 0 Å². The topological polar surface area (TPSA) is 59.8 Å². The number of likely N-dealkylation sites (N-methyl/N-ethyl adjacent to an activating group) is 1. The molecule has 1 aromatic carbocycles. The summed E-state index contributed by atoms with van der Waals surface area (Å²) in [5.74, 6) is 0.696. The molecule has 3 N–H and O–H groups in total. The van der Waals surface area contributed by atoms with E-state index in [2.05, 4.69) is 17.3 Å². The second-order valence-corrected chi connectivity index (χ2v) is 4.56. The first-order valence-corrected chi connectivity index (χ1v) is 6.17. The van der Waals surface area contributed by atoms with Gasteiger partial charge in [0, 0.05) is 19.6 Å². The molecule has 100 valence electrons. The Kier molecular flexibility index (Phi) is 4.28. The molecule has 0 radical (unpaired) electrons. The van der Waals surface area contributed by atoms with Crippen LogP contribution in [0.2, 0.25) is 0 Å². The largest absolute Gasteiger partial charge is 0.495 e. The van der Waals surface area contributed by atoms with Crippen LogP contribution in [0.25, 0.3) is 0 Å². The number of methoxy groups -OCH3 is 1. The highest BCUT2D eigenvalue weighted by atomic mass is 16.5. The number of hydrogen-bond donors (Lipinski definition) is 2. The van der Waals surface area contributed by atoms with E-state index in [1.54, 1.807) is 7.11 Å². The Morgan fingerprint density at radius 1 is 1.56 bits per heavy atom. The molecule has 1 aliphatic rings. The van der Waals surface area contributed by atoms with Crippen LogP contribution in [-0.2, 0) is 4.74 Å². The van der Waals surface area contributed by atoms with Crippen molar-refractivity contribution in [1.82, 2.24) is 4.90 Å². The molecule has 1 aliphatic heterocycles. The summed E-state index contributed by atoms with van der Waals surface area (Å²) in [5, 5.41) is 3.32. The van der Waals surface area contributed by atoms with Gasteiger partial charge in [-0.2, -0.15) is 0 Å². The Morgan fingerprint density at radius 3 is 3.11 bits per heavy atom. The number of rotatable bonds is 4. The fourth-order valence-corrected chi connectivity index (χ4v) is 2.09. The van der Waals surface area contributed by atoms with Crippen LogP contribution >= 0.6 is 0 Å². The maximum Gasteiger partial charge on any atom is 0.143 e. The number of benzene rings is 1. The molecule has 0 saturated carbocycles. The van der Waals surface area contributed by atoms with E-state index in [4.69, 9.17) is 15.2 Å². The number of nitrogens with two attached hydrogens (primary N) is 1. The van der Waals surface area contributed by atoms with Crippen LogP contribution in [0.3, 0.4) is 0 Å². The van der Waals surface area contributed by atoms with Crippen LogP contribution in [-0.4, -0.2) is 51.4 Å². The lowest BCUT2D eigenvalue weighted by atomic mass is 10.2. The van der Waals surface area contributed by atoms with Gasteiger partial charge in [0.1, 0.15) is 5.75 Å². The quantitative estimate of drug-likeness (QED) is 0.782. The van der Waals surface area contributed by atoms with Crippen LogP contribution in [0, 0.1) is 0 Å². The van der Waals surface area contributed by atoms with Gasteiger partial charge in [-0.1, -0.05) is 6.07 Å². The summed E-state index contributed by atoms with van der Waals surface area (Å²) in [6.45, 7) is 3.48. The summed E-state index contributed by atoms with van der Waals surface area (Å²) in [6, 6.07) is 5.72. The van der Waals surface area contributed by atoms with Gasteiger partial charge < -0.3 is 25.4 Å². The van der Waals surface area contributed by atoms with Crippen molar-refractivity contribution < 1.29 is 9.47 Å². The van der Waals surface area contributed by atoms with Gasteiger partial charge in [0.2, 0.25) is 0 Å². The first kappa shape index (κ1) is 13.0. The smallest absolute Gasteiger partial charge is 0.143 e. The molecule has 1 saturated heterocycles. The zero-order valence-electron chi connectivity index (χ0n) is 11.0. The van der Waals surface area contributed by atoms with Crippen molar-refractivity contribution in [2.75, 3.05) is 51.4 Å². The Balaban J connectivity index is 1.93. The van der Waals surface area contributed by atoms with Crippen LogP contribution in [0.4, 0.5) is 11.4 Å². The van der Waals surface area contributed by atoms with Crippen molar-refractivity contribution >= 4 is 11.4 Å². The summed E-state index contributed by atoms with van der Waals surface area (Å²) in [7, 11) is 3.73. The molecule has 0 bridgehead atoms. The van der Waals surface area contributed by atoms with E-state index >= 15 is 0 Å². The molecule has 1 atom stereocenters. The number of morpholine rings is 1. The molecule has 0 amide bonds. The van der Waals surface area contributed by atoms with Gasteiger partial charge in [0.15, 0.2) is 0 Å². The number of ether oxygens (including phenoxy) is 2. The third kappa shape index (κ3) is 3.05. The Bertz CT molecular complexity index is 398. The maximum atomic E-state index is 6.00. The summed E-state index contributed by atoms with van der Waals surface area (Å²) < 4.78 is 10.9. The molecule has 2 rings (SSSR count). The van der Waals surface area contributed by atoms with Crippen molar-refractivity contribution in [1.29, 1.82) is 0 Å². The van der Waals surface area contributed by atoms with Crippen molar-refractivity contribution in [3.63, 3.8) is 0 Å². The van der Waals surface area contributed by atoms with Crippen molar-refractivity contribution in [2.24, 2.45) is 0 Å². The second kappa shape index (κ2) is 5.93. The summed E-state index contributed by atoms with van der Waals surface area (Å²) >= 11 is 0. The lowest BCUT2D eigenvalue weighted by molar-refractivity contribution is -0.0117. The predicted molar refractivity (Wildman–Crippen MR) is 73.1 cm³/mol. The number of nitrogen functional groups attached to an aromatic ring is 1. The monoisotopic (exact) mass is 251 g/mol. The summed E-state index contributed by atoms with van der Waals surface area (Å²) in [6.07, 6.45) is 0.203. The van der Waals surface area contributed by atoms with Gasteiger partial charge in [0.25, 0.3) is 0 Å². The van der Waals surface area contributed by atoms with Gasteiger partial charge in [0.05, 0.1) is 31.2 Å². The minimum atomic E-state index is 0.203. The van der Waals surface area contributed by atoms with E-state index in [1.807, 2.05) is 18.2 Å². The minimum absolute atomic E-state index is 0.203. The van der Waals surface area contributed by atoms with Gasteiger partial charge in [-0.05, 0) is 19.2 Å². The number of nitrogens with zero attached hydrogens (tertiary/aromatic N) is 1. The van der Waals surface area contributed by atoms with E-state index in [-0.39, 0.29) is 6.10 Å². The lowest BCUT2D eigenvalue weighted by Gasteiger charge is -2.30. The van der Waals surface area contributed by atoms with E-state index in [0.29, 0.717) is 11.4 Å². The molecule has 1 heterocycles. The fraction of sp³-hybridized carbons (Fsp3) is 0.538. The number of para-hydroxylation sites is 1. The van der Waals surface area contributed by atoms with E-state index < -0.39 is 0 Å². The molecule has 0 aromatic heterocycles. The predicted octanol–water partition coefficient (Wildman–Crippen LogP) is 1.02. The number of hydrogen-bond acceptors (Lipinski definition) is 5. The molecular weight excluding hydrogens is 230 g/mol. The standard InChI is InChI=1S/C13H21N3O2/c1-16-6-7-18-10(9-16)8-15-11-4-3-5-12(17-2)13(11)14/h3-5,10,15H,6-9,14H2,1-2H3. The third-order valence-electron chi connectivity index (χ3n) is 3.15. The molecule has 1 fully saturated rings. The fourth-order valence-electron chi connectivity index (χ4n) is 2.09. The highest BCUT2D eigenvalue weighted by molar-refractivity contribution is 5.72.